The van der Waals surface area contributed by atoms with Gasteiger partial charge in [0.25, 0.3) is 0 Å². The number of carbonyl (C=O) groups excluding carboxylic acids is 1. The second-order valence-electron chi connectivity index (χ2n) is 11.9. The third-order valence-electron chi connectivity index (χ3n) is 8.57. The topological polar surface area (TPSA) is 374 Å². The predicted molar refractivity (Wildman–Crippen MR) is 146 cm³/mol. The number of carboxylic acid groups (broad SMARTS) is 1. The van der Waals surface area contributed by atoms with Crippen molar-refractivity contribution in [2.75, 3.05) is 19.8 Å². The number of ether oxygens (including phenoxy) is 7. The molecule has 0 bridgehead atoms. The molecule has 4 heterocycles. The van der Waals surface area contributed by atoms with Crippen LogP contribution in [0.25, 0.3) is 0 Å². The lowest BCUT2D eigenvalue weighted by molar-refractivity contribution is -0.378. The van der Waals surface area contributed by atoms with E-state index in [4.69, 9.17) is 33.2 Å². The number of aliphatic carboxylic acids is 1. The number of nitrogens with one attached hydrogen (secondary N) is 1. The van der Waals surface area contributed by atoms with Crippen molar-refractivity contribution in [3.63, 3.8) is 0 Å². The van der Waals surface area contributed by atoms with E-state index in [1.165, 1.54) is 0 Å². The van der Waals surface area contributed by atoms with E-state index in [-0.39, 0.29) is 0 Å². The zero-order valence-corrected chi connectivity index (χ0v) is 25.7. The Morgan fingerprint density at radius 1 is 0.551 bits per heavy atom. The molecule has 284 valence electrons. The third-order valence-corrected chi connectivity index (χ3v) is 8.57. The lowest BCUT2D eigenvalue weighted by atomic mass is 9.94. The predicted octanol–water partition coefficient (Wildman–Crippen LogP) is -9.51. The van der Waals surface area contributed by atoms with E-state index in [0.29, 0.717) is 0 Å². The molecule has 23 nitrogen and oxygen atoms in total. The normalized spacial score (nSPS) is 49.3. The molecule has 14 N–H and O–H groups in total. The summed E-state index contributed by atoms with van der Waals surface area (Å²) in [6, 6.07) is -1.63. The van der Waals surface area contributed by atoms with Gasteiger partial charge in [-0.3, -0.25) is 4.79 Å². The molecule has 4 rings (SSSR count). The maximum absolute atomic E-state index is 12.3. The number of amides is 1. The van der Waals surface area contributed by atoms with Gasteiger partial charge in [-0.05, 0) is 0 Å². The summed E-state index contributed by atoms with van der Waals surface area (Å²) in [6.07, 6.45) is -36.2. The minimum Gasteiger partial charge on any atom is -0.479 e. The maximum atomic E-state index is 12.3. The smallest absolute Gasteiger partial charge is 0.335 e. The highest BCUT2D eigenvalue weighted by Crippen LogP contribution is 2.34. The molecule has 23 heteroatoms. The van der Waals surface area contributed by atoms with Crippen LogP contribution in [0.5, 0.6) is 0 Å². The molecular weight excluding hydrogens is 678 g/mol. The fourth-order valence-corrected chi connectivity index (χ4v) is 5.92. The van der Waals surface area contributed by atoms with Crippen molar-refractivity contribution in [3.8, 4) is 0 Å². The van der Waals surface area contributed by atoms with Gasteiger partial charge in [0, 0.05) is 6.92 Å². The highest BCUT2D eigenvalue weighted by Gasteiger charge is 2.56. The van der Waals surface area contributed by atoms with Gasteiger partial charge in [0.2, 0.25) is 5.91 Å². The molecule has 0 aromatic heterocycles. The summed E-state index contributed by atoms with van der Waals surface area (Å²) >= 11 is 0. The number of aliphatic hydroxyl groups is 12. The van der Waals surface area contributed by atoms with Gasteiger partial charge in [-0.2, -0.15) is 0 Å². The Balaban J connectivity index is 1.62. The fourth-order valence-electron chi connectivity index (χ4n) is 5.92. The van der Waals surface area contributed by atoms with Gasteiger partial charge < -0.3 is 105 Å². The Morgan fingerprint density at radius 2 is 1.06 bits per heavy atom. The lowest BCUT2D eigenvalue weighted by Gasteiger charge is -2.50. The van der Waals surface area contributed by atoms with Crippen LogP contribution in [0, 0.1) is 0 Å². The van der Waals surface area contributed by atoms with Crippen molar-refractivity contribution in [2.45, 2.75) is 130 Å². The van der Waals surface area contributed by atoms with Gasteiger partial charge in [-0.1, -0.05) is 0 Å². The van der Waals surface area contributed by atoms with Gasteiger partial charge in [0.15, 0.2) is 31.3 Å². The molecule has 4 aliphatic heterocycles. The maximum Gasteiger partial charge on any atom is 0.335 e. The van der Waals surface area contributed by atoms with Crippen molar-refractivity contribution in [1.82, 2.24) is 5.32 Å². The van der Waals surface area contributed by atoms with Gasteiger partial charge in [0.1, 0.15) is 91.5 Å². The molecule has 1 amide bonds. The summed E-state index contributed by atoms with van der Waals surface area (Å²) in [5, 5.41) is 136. The second-order valence-corrected chi connectivity index (χ2v) is 11.9. The van der Waals surface area contributed by atoms with E-state index >= 15 is 0 Å². The van der Waals surface area contributed by atoms with Crippen LogP contribution in [0.2, 0.25) is 0 Å². The van der Waals surface area contributed by atoms with Crippen LogP contribution < -0.4 is 5.32 Å². The number of aliphatic hydroxyl groups excluding tert-OH is 12. The molecule has 4 saturated heterocycles. The van der Waals surface area contributed by atoms with E-state index in [0.717, 1.165) is 6.92 Å². The quantitative estimate of drug-likeness (QED) is 0.0941. The average Bonchev–Trinajstić information content (AvgIpc) is 3.06. The monoisotopic (exact) mass is 721 g/mol. The fraction of sp³-hybridized carbons (Fsp3) is 0.923. The Morgan fingerprint density at radius 3 is 1.61 bits per heavy atom. The summed E-state index contributed by atoms with van der Waals surface area (Å²) in [5.74, 6) is -2.54. The third kappa shape index (κ3) is 8.30. The lowest BCUT2D eigenvalue weighted by Crippen LogP contribution is -2.70. The summed E-state index contributed by atoms with van der Waals surface area (Å²) in [5.41, 5.74) is 0. The standard InChI is InChI=1S/C26H43NO22/c1-5(31)27-9-19(10(32)6(2-28)44-24(9)46-18-8(4-30)43-23(42)15(37)14(18)36)47-26-17(39)20(11(33)7(3-29)45-26)48-25-16(38)12(34)13(35)21(49-25)22(40)41/h6-21,23-26,28-30,32-39,42H,2-4H2,1H3,(H,27,31)(H,40,41)/t6-,7-,8-,9+,10-,11-,12+,13+,14-,15-,16-,17-,18-,19-,20+,21+,23-,24+,25+,26-/m1/s1. The number of rotatable bonds is 11. The molecule has 0 spiro atoms. The molecule has 0 unspecified atom stereocenters. The van der Waals surface area contributed by atoms with Gasteiger partial charge >= 0.3 is 5.97 Å². The van der Waals surface area contributed by atoms with Crippen molar-refractivity contribution in [2.24, 2.45) is 0 Å². The first kappa shape index (κ1) is 40.0. The first-order valence-corrected chi connectivity index (χ1v) is 15.1. The number of hydrogen-bond donors (Lipinski definition) is 14. The van der Waals surface area contributed by atoms with Gasteiger partial charge in [-0.15, -0.1) is 0 Å². The number of carbonyl (C=O) groups is 2. The van der Waals surface area contributed by atoms with Crippen LogP contribution in [0.3, 0.4) is 0 Å². The summed E-state index contributed by atoms with van der Waals surface area (Å²) in [7, 11) is 0. The summed E-state index contributed by atoms with van der Waals surface area (Å²) in [4.78, 5) is 23.8. The van der Waals surface area contributed by atoms with Crippen molar-refractivity contribution in [1.29, 1.82) is 0 Å². The van der Waals surface area contributed by atoms with Gasteiger partial charge in [0.05, 0.1) is 19.8 Å². The number of hydrogen-bond acceptors (Lipinski definition) is 21. The number of carboxylic acids is 1. The molecule has 20 atom stereocenters. The zero-order valence-electron chi connectivity index (χ0n) is 25.7. The van der Waals surface area contributed by atoms with Crippen molar-refractivity contribution < 1.29 is 109 Å². The zero-order chi connectivity index (χ0) is 36.5. The van der Waals surface area contributed by atoms with E-state index < -0.39 is 154 Å². The Kier molecular flexibility index (Phi) is 13.6. The van der Waals surface area contributed by atoms with Crippen LogP contribution in [-0.4, -0.2) is 221 Å². The highest BCUT2D eigenvalue weighted by molar-refractivity contribution is 5.73. The molecule has 0 aliphatic carbocycles. The highest BCUT2D eigenvalue weighted by atomic mass is 16.8. The molecular formula is C26H43NO22. The molecule has 4 fully saturated rings. The molecule has 0 aromatic carbocycles. The SMILES string of the molecule is CC(=O)N[C@@H]1[C@H](O[C@H]2[C@H](O)[C@@H](O)[C@H](O)O[C@@H]2CO)O[C@H](CO)[C@@H](O)[C@@H]1O[C@H]1O[C@H](CO)[C@@H](O)[C@H](O[C@H]2O[C@H](C(=O)O)[C@@H](O)[C@H](O)[C@H]2O)[C@H]1O. The molecule has 0 saturated carbocycles. The van der Waals surface area contributed by atoms with Crippen molar-refractivity contribution in [3.05, 3.63) is 0 Å². The van der Waals surface area contributed by atoms with E-state index in [1.807, 2.05) is 0 Å². The van der Waals surface area contributed by atoms with Crippen LogP contribution in [0.15, 0.2) is 0 Å². The van der Waals surface area contributed by atoms with Crippen LogP contribution in [-0.2, 0) is 42.7 Å². The largest absolute Gasteiger partial charge is 0.479 e. The first-order chi connectivity index (χ1) is 23.1. The minimum absolute atomic E-state index is 0.785. The van der Waals surface area contributed by atoms with E-state index in [2.05, 4.69) is 5.32 Å². The minimum atomic E-state index is -2.15. The van der Waals surface area contributed by atoms with Crippen LogP contribution in [0.4, 0.5) is 0 Å². The molecule has 0 radical (unpaired) electrons. The second kappa shape index (κ2) is 16.7. The van der Waals surface area contributed by atoms with Crippen LogP contribution in [0.1, 0.15) is 6.92 Å². The molecule has 49 heavy (non-hydrogen) atoms. The summed E-state index contributed by atoms with van der Waals surface area (Å²) in [6.45, 7) is -1.71. The molecule has 4 aliphatic rings. The van der Waals surface area contributed by atoms with E-state index in [1.54, 1.807) is 0 Å². The Hall–Kier alpha value is -1.82. The summed E-state index contributed by atoms with van der Waals surface area (Å²) < 4.78 is 38.2. The molecule has 0 aromatic rings. The van der Waals surface area contributed by atoms with E-state index in [9.17, 15) is 76.0 Å². The first-order valence-electron chi connectivity index (χ1n) is 15.1. The average molecular weight is 722 g/mol. The van der Waals surface area contributed by atoms with Gasteiger partial charge in [-0.25, -0.2) is 4.79 Å². The Labute approximate surface area is 276 Å². The van der Waals surface area contributed by atoms with Crippen LogP contribution >= 0.6 is 0 Å². The Bertz CT molecular complexity index is 1100. The van der Waals surface area contributed by atoms with Crippen molar-refractivity contribution >= 4 is 11.9 Å².